The van der Waals surface area contributed by atoms with Crippen molar-refractivity contribution in [2.45, 2.75) is 44.0 Å². The van der Waals surface area contributed by atoms with E-state index in [4.69, 9.17) is 4.74 Å². The van der Waals surface area contributed by atoms with Gasteiger partial charge in [0.25, 0.3) is 0 Å². The number of ether oxygens (including phenoxy) is 1. The number of hydrogen-bond acceptors (Lipinski definition) is 4. The Morgan fingerprint density at radius 3 is 2.59 bits per heavy atom. The van der Waals surface area contributed by atoms with Crippen molar-refractivity contribution in [2.75, 3.05) is 26.3 Å². The Kier molecular flexibility index (Phi) is 6.18. The van der Waals surface area contributed by atoms with Gasteiger partial charge in [0, 0.05) is 32.7 Å². The number of alkyl halides is 3. The van der Waals surface area contributed by atoms with Gasteiger partial charge in [-0.15, -0.1) is 0 Å². The predicted octanol–water partition coefficient (Wildman–Crippen LogP) is 2.82. The second-order valence-electron chi connectivity index (χ2n) is 7.37. The fourth-order valence-electron chi connectivity index (χ4n) is 3.89. The number of carbonyl (C=O) groups is 1. The van der Waals surface area contributed by atoms with Gasteiger partial charge in [-0.3, -0.25) is 9.69 Å². The molecule has 1 N–H and O–H groups in total. The number of aliphatic hydroxyl groups is 1. The number of Topliss-reactive ketones (excluding diaryl/α,β-unsaturated/α-hetero) is 1. The van der Waals surface area contributed by atoms with Crippen molar-refractivity contribution in [3.8, 4) is 0 Å². The number of halogens is 4. The average Bonchev–Trinajstić information content (AvgIpc) is 2.95. The summed E-state index contributed by atoms with van der Waals surface area (Å²) in [7, 11) is 0. The monoisotopic (exact) mass is 389 g/mol. The van der Waals surface area contributed by atoms with Crippen LogP contribution in [0.5, 0.6) is 0 Å². The standard InChI is InChI=1S/C19H23F4NO3/c20-16-7-13(1-2-15(16)19(21,22)23)8-18(26)17-9-14(25)11-24(17)10-12-3-5-27-6-4-12/h1-2,7,12,14,17,25H,3-6,8-11H2/t14-,17-/m0/s1. The third-order valence-corrected chi connectivity index (χ3v) is 5.30. The van der Waals surface area contributed by atoms with E-state index in [-0.39, 0.29) is 17.8 Å². The normalized spacial score (nSPS) is 25.1. The highest BCUT2D eigenvalue weighted by atomic mass is 19.4. The van der Waals surface area contributed by atoms with Crippen LogP contribution in [0, 0.1) is 11.7 Å². The maximum atomic E-state index is 13.7. The lowest BCUT2D eigenvalue weighted by Crippen LogP contribution is -2.41. The van der Waals surface area contributed by atoms with Crippen LogP contribution in [0.1, 0.15) is 30.4 Å². The quantitative estimate of drug-likeness (QED) is 0.787. The van der Waals surface area contributed by atoms with E-state index in [1.807, 2.05) is 4.90 Å². The largest absolute Gasteiger partial charge is 0.419 e. The molecule has 2 atom stereocenters. The number of nitrogens with zero attached hydrogens (tertiary/aromatic N) is 1. The van der Waals surface area contributed by atoms with E-state index in [2.05, 4.69) is 0 Å². The Bertz CT molecular complexity index is 673. The molecule has 0 radical (unpaired) electrons. The van der Waals surface area contributed by atoms with Gasteiger partial charge in [-0.1, -0.05) is 6.07 Å². The number of β-amino-alcohol motifs (C(OH)–C–C–N with tert-alkyl or cyclic N) is 1. The molecule has 0 spiro atoms. The molecule has 2 fully saturated rings. The molecule has 2 aliphatic rings. The topological polar surface area (TPSA) is 49.8 Å². The molecule has 0 aliphatic carbocycles. The van der Waals surface area contributed by atoms with Crippen LogP contribution in [0.2, 0.25) is 0 Å². The van der Waals surface area contributed by atoms with Crippen molar-refractivity contribution < 1.29 is 32.2 Å². The van der Waals surface area contributed by atoms with Crippen molar-refractivity contribution in [3.63, 3.8) is 0 Å². The molecule has 0 bridgehead atoms. The fraction of sp³-hybridized carbons (Fsp3) is 0.632. The first kappa shape index (κ1) is 20.2. The van der Waals surface area contributed by atoms with Crippen LogP contribution in [0.25, 0.3) is 0 Å². The molecule has 2 aliphatic heterocycles. The Morgan fingerprint density at radius 1 is 1.26 bits per heavy atom. The van der Waals surface area contributed by atoms with Crippen LogP contribution >= 0.6 is 0 Å². The van der Waals surface area contributed by atoms with Crippen LogP contribution in [0.15, 0.2) is 18.2 Å². The molecule has 2 heterocycles. The molecule has 4 nitrogen and oxygen atoms in total. The van der Waals surface area contributed by atoms with Gasteiger partial charge in [-0.2, -0.15) is 13.2 Å². The zero-order valence-corrected chi connectivity index (χ0v) is 14.8. The molecule has 8 heteroatoms. The molecular weight excluding hydrogens is 366 g/mol. The summed E-state index contributed by atoms with van der Waals surface area (Å²) in [4.78, 5) is 14.6. The number of hydrogen-bond donors (Lipinski definition) is 1. The molecule has 27 heavy (non-hydrogen) atoms. The van der Waals surface area contributed by atoms with Crippen LogP contribution in [0.3, 0.4) is 0 Å². The van der Waals surface area contributed by atoms with E-state index < -0.39 is 29.7 Å². The Labute approximate surface area is 155 Å². The molecule has 150 valence electrons. The third-order valence-electron chi connectivity index (χ3n) is 5.30. The van der Waals surface area contributed by atoms with Crippen LogP contribution < -0.4 is 0 Å². The second-order valence-corrected chi connectivity index (χ2v) is 7.37. The van der Waals surface area contributed by atoms with Crippen LogP contribution in [0.4, 0.5) is 17.6 Å². The van der Waals surface area contributed by atoms with Gasteiger partial charge in [0.15, 0.2) is 5.78 Å². The van der Waals surface area contributed by atoms with Crippen LogP contribution in [-0.2, 0) is 22.1 Å². The smallest absolute Gasteiger partial charge is 0.392 e. The van der Waals surface area contributed by atoms with Gasteiger partial charge in [-0.25, -0.2) is 4.39 Å². The molecule has 1 aromatic rings. The van der Waals surface area contributed by atoms with E-state index in [1.165, 1.54) is 0 Å². The van der Waals surface area contributed by atoms with E-state index in [0.717, 1.165) is 25.0 Å². The van der Waals surface area contributed by atoms with Crippen LogP contribution in [-0.4, -0.2) is 54.2 Å². The summed E-state index contributed by atoms with van der Waals surface area (Å²) in [5, 5.41) is 9.98. The lowest BCUT2D eigenvalue weighted by molar-refractivity contribution is -0.140. The maximum absolute atomic E-state index is 13.7. The molecule has 0 unspecified atom stereocenters. The highest BCUT2D eigenvalue weighted by Crippen LogP contribution is 2.32. The summed E-state index contributed by atoms with van der Waals surface area (Å²) in [5.74, 6) is -1.20. The van der Waals surface area contributed by atoms with Crippen molar-refractivity contribution in [3.05, 3.63) is 35.1 Å². The SMILES string of the molecule is O=C(Cc1ccc(C(F)(F)F)c(F)c1)[C@@H]1C[C@H](O)CN1CC1CCOCC1. The number of aliphatic hydroxyl groups excluding tert-OH is 1. The molecule has 1 aromatic carbocycles. The third kappa shape index (κ3) is 5.06. The van der Waals surface area contributed by atoms with Gasteiger partial charge in [-0.05, 0) is 42.9 Å². The molecule has 0 aromatic heterocycles. The average molecular weight is 389 g/mol. The molecular formula is C19H23F4NO3. The molecule has 0 saturated carbocycles. The summed E-state index contributed by atoms with van der Waals surface area (Å²) in [5.41, 5.74) is -1.13. The number of ketones is 1. The van der Waals surface area contributed by atoms with Gasteiger partial charge < -0.3 is 9.84 Å². The minimum absolute atomic E-state index is 0.156. The number of rotatable bonds is 5. The zero-order chi connectivity index (χ0) is 19.6. The first-order valence-corrected chi connectivity index (χ1v) is 9.12. The lowest BCUT2D eigenvalue weighted by atomic mass is 9.97. The fourth-order valence-corrected chi connectivity index (χ4v) is 3.89. The first-order valence-electron chi connectivity index (χ1n) is 9.12. The minimum Gasteiger partial charge on any atom is -0.392 e. The first-order chi connectivity index (χ1) is 12.7. The summed E-state index contributed by atoms with van der Waals surface area (Å²) in [6.45, 7) is 2.45. The zero-order valence-electron chi connectivity index (χ0n) is 14.8. The van der Waals surface area contributed by atoms with Gasteiger partial charge in [0.05, 0.1) is 17.7 Å². The predicted molar refractivity (Wildman–Crippen MR) is 89.6 cm³/mol. The summed E-state index contributed by atoms with van der Waals surface area (Å²) < 4.78 is 57.0. The van der Waals surface area contributed by atoms with Gasteiger partial charge >= 0.3 is 6.18 Å². The molecule has 2 saturated heterocycles. The van der Waals surface area contributed by atoms with Crippen molar-refractivity contribution >= 4 is 5.78 Å². The van der Waals surface area contributed by atoms with Crippen molar-refractivity contribution in [2.24, 2.45) is 5.92 Å². The minimum atomic E-state index is -4.76. The van der Waals surface area contributed by atoms with Gasteiger partial charge in [0.2, 0.25) is 0 Å². The Balaban J connectivity index is 1.66. The number of carbonyl (C=O) groups excluding carboxylic acids is 1. The second kappa shape index (κ2) is 8.24. The Hall–Kier alpha value is -1.51. The molecule has 0 amide bonds. The maximum Gasteiger partial charge on any atom is 0.419 e. The van der Waals surface area contributed by atoms with E-state index in [0.29, 0.717) is 44.7 Å². The van der Waals surface area contributed by atoms with Gasteiger partial charge in [0.1, 0.15) is 5.82 Å². The van der Waals surface area contributed by atoms with Crippen molar-refractivity contribution in [1.29, 1.82) is 0 Å². The Morgan fingerprint density at radius 2 is 1.96 bits per heavy atom. The summed E-state index contributed by atoms with van der Waals surface area (Å²) >= 11 is 0. The highest BCUT2D eigenvalue weighted by molar-refractivity contribution is 5.86. The van der Waals surface area contributed by atoms with E-state index in [9.17, 15) is 27.5 Å². The number of likely N-dealkylation sites (tertiary alicyclic amines) is 1. The highest BCUT2D eigenvalue weighted by Gasteiger charge is 2.37. The van der Waals surface area contributed by atoms with E-state index >= 15 is 0 Å². The lowest BCUT2D eigenvalue weighted by Gasteiger charge is -2.30. The molecule has 3 rings (SSSR count). The number of benzene rings is 1. The summed E-state index contributed by atoms with van der Waals surface area (Å²) in [6.07, 6.45) is -3.43. The van der Waals surface area contributed by atoms with Crippen molar-refractivity contribution in [1.82, 2.24) is 4.90 Å². The van der Waals surface area contributed by atoms with E-state index in [1.54, 1.807) is 0 Å². The summed E-state index contributed by atoms with van der Waals surface area (Å²) in [6, 6.07) is 2.09.